The van der Waals surface area contributed by atoms with Crippen LogP contribution in [0.3, 0.4) is 0 Å². The van der Waals surface area contributed by atoms with Crippen molar-refractivity contribution in [3.8, 4) is 5.75 Å². The van der Waals surface area contributed by atoms with Crippen LogP contribution in [0.1, 0.15) is 83.5 Å². The Kier molecular flexibility index (Phi) is 7.84. The molecule has 3 aromatic rings. The quantitative estimate of drug-likeness (QED) is 0.236. The van der Waals surface area contributed by atoms with E-state index < -0.39 is 5.97 Å². The number of rotatable bonds is 8. The Morgan fingerprint density at radius 1 is 0.900 bits per heavy atom. The predicted molar refractivity (Wildman–Crippen MR) is 163 cm³/mol. The van der Waals surface area contributed by atoms with E-state index >= 15 is 0 Å². The molecule has 6 nitrogen and oxygen atoms in total. The third-order valence-corrected chi connectivity index (χ3v) is 8.15. The fourth-order valence-electron chi connectivity index (χ4n) is 5.56. The summed E-state index contributed by atoms with van der Waals surface area (Å²) >= 11 is 0. The Balaban J connectivity index is 1.73. The number of aromatic carboxylic acids is 1. The average molecular weight is 541 g/mol. The number of aromatic hydroxyl groups is 1. The molecule has 6 heteroatoms. The lowest BCUT2D eigenvalue weighted by Crippen LogP contribution is -2.36. The maximum absolute atomic E-state index is 13.5. The van der Waals surface area contributed by atoms with Crippen LogP contribution in [0.15, 0.2) is 60.7 Å². The van der Waals surface area contributed by atoms with E-state index in [4.69, 9.17) is 5.11 Å². The maximum atomic E-state index is 13.5. The first-order valence-corrected chi connectivity index (χ1v) is 13.6. The number of carboxylic acid groups (broad SMARTS) is 1. The standard InChI is InChI=1S/C34H40N2O4/c1-33(2)16-17-34(3,4)31-27(33)19-24(29(37)15-11-22-10-14-26(32(39)40)30(38)18-22)20-28(31)36(7)21-23-8-12-25(13-9-23)35(5)6/h8-15,18-20,38H,16-17,21H2,1-7H3,(H,39,40). The Labute approximate surface area is 237 Å². The molecule has 2 N–H and O–H groups in total. The fourth-order valence-corrected chi connectivity index (χ4v) is 5.56. The van der Waals surface area contributed by atoms with Gasteiger partial charge in [-0.1, -0.05) is 52.0 Å². The summed E-state index contributed by atoms with van der Waals surface area (Å²) in [7, 11) is 6.15. The van der Waals surface area contributed by atoms with Gasteiger partial charge in [0.2, 0.25) is 0 Å². The topological polar surface area (TPSA) is 81.1 Å². The largest absolute Gasteiger partial charge is 0.507 e. The first-order valence-electron chi connectivity index (χ1n) is 13.6. The maximum Gasteiger partial charge on any atom is 0.339 e. The fraction of sp³-hybridized carbons (Fsp3) is 0.353. The molecule has 1 aliphatic carbocycles. The number of fused-ring (bicyclic) bond motifs is 1. The molecule has 0 saturated carbocycles. The Hall–Kier alpha value is -4.06. The highest BCUT2D eigenvalue weighted by molar-refractivity contribution is 6.08. The molecule has 0 aromatic heterocycles. The summed E-state index contributed by atoms with van der Waals surface area (Å²) in [5, 5.41) is 19.2. The molecule has 0 aliphatic heterocycles. The molecule has 0 heterocycles. The zero-order valence-corrected chi connectivity index (χ0v) is 24.6. The normalized spacial score (nSPS) is 15.5. The van der Waals surface area contributed by atoms with Gasteiger partial charge in [0.15, 0.2) is 5.78 Å². The van der Waals surface area contributed by atoms with Crippen molar-refractivity contribution < 1.29 is 19.8 Å². The van der Waals surface area contributed by atoms with Crippen LogP contribution in [0.5, 0.6) is 5.75 Å². The molecule has 40 heavy (non-hydrogen) atoms. The first kappa shape index (κ1) is 28.9. The van der Waals surface area contributed by atoms with E-state index in [1.807, 2.05) is 20.2 Å². The monoisotopic (exact) mass is 540 g/mol. The van der Waals surface area contributed by atoms with E-state index in [1.165, 1.54) is 34.9 Å². The third-order valence-electron chi connectivity index (χ3n) is 8.15. The number of anilines is 2. The van der Waals surface area contributed by atoms with E-state index in [0.29, 0.717) is 17.7 Å². The van der Waals surface area contributed by atoms with Crippen molar-refractivity contribution in [3.63, 3.8) is 0 Å². The molecule has 4 rings (SSSR count). The Bertz CT molecular complexity index is 1470. The van der Waals surface area contributed by atoms with Crippen molar-refractivity contribution in [1.82, 2.24) is 0 Å². The molecule has 0 spiro atoms. The first-order chi connectivity index (χ1) is 18.7. The minimum absolute atomic E-state index is 0.0376. The molecule has 0 bridgehead atoms. The number of ketones is 1. The molecule has 0 atom stereocenters. The van der Waals surface area contributed by atoms with Gasteiger partial charge in [0.05, 0.1) is 0 Å². The molecule has 3 aromatic carbocycles. The number of allylic oxidation sites excluding steroid dienone is 1. The zero-order chi connectivity index (χ0) is 29.4. The second kappa shape index (κ2) is 10.8. The van der Waals surface area contributed by atoms with E-state index in [-0.39, 0.29) is 27.9 Å². The third kappa shape index (κ3) is 5.91. The zero-order valence-electron chi connectivity index (χ0n) is 24.6. The van der Waals surface area contributed by atoms with Gasteiger partial charge in [0, 0.05) is 44.6 Å². The predicted octanol–water partition coefficient (Wildman–Crippen LogP) is 7.04. The average Bonchev–Trinajstić information content (AvgIpc) is 2.89. The van der Waals surface area contributed by atoms with Crippen LogP contribution in [0, 0.1) is 0 Å². The van der Waals surface area contributed by atoms with Crippen molar-refractivity contribution in [3.05, 3.63) is 94.1 Å². The summed E-state index contributed by atoms with van der Waals surface area (Å²) in [5.74, 6) is -1.68. The van der Waals surface area contributed by atoms with E-state index in [1.54, 1.807) is 12.1 Å². The van der Waals surface area contributed by atoms with Gasteiger partial charge in [-0.3, -0.25) is 4.79 Å². The van der Waals surface area contributed by atoms with Crippen LogP contribution < -0.4 is 9.80 Å². The van der Waals surface area contributed by atoms with Crippen molar-refractivity contribution >= 4 is 29.2 Å². The van der Waals surface area contributed by atoms with Gasteiger partial charge in [0.25, 0.3) is 0 Å². The van der Waals surface area contributed by atoms with Crippen LogP contribution in [0.2, 0.25) is 0 Å². The van der Waals surface area contributed by atoms with Gasteiger partial charge in [-0.25, -0.2) is 4.79 Å². The van der Waals surface area contributed by atoms with E-state index in [2.05, 4.69) is 74.9 Å². The summed E-state index contributed by atoms with van der Waals surface area (Å²) in [6.45, 7) is 9.79. The molecular weight excluding hydrogens is 500 g/mol. The summed E-state index contributed by atoms with van der Waals surface area (Å²) in [5.41, 5.74) is 6.77. The summed E-state index contributed by atoms with van der Waals surface area (Å²) in [4.78, 5) is 29.0. The van der Waals surface area contributed by atoms with Gasteiger partial charge in [-0.15, -0.1) is 0 Å². The smallest absolute Gasteiger partial charge is 0.339 e. The molecular formula is C34H40N2O4. The number of carbonyl (C=O) groups is 2. The Morgan fingerprint density at radius 2 is 1.55 bits per heavy atom. The van der Waals surface area contributed by atoms with Crippen molar-refractivity contribution in [2.75, 3.05) is 30.9 Å². The van der Waals surface area contributed by atoms with Crippen LogP contribution in [0.4, 0.5) is 11.4 Å². The minimum Gasteiger partial charge on any atom is -0.507 e. The highest BCUT2D eigenvalue weighted by atomic mass is 16.4. The second-order valence-corrected chi connectivity index (χ2v) is 12.4. The van der Waals surface area contributed by atoms with Gasteiger partial charge in [0.1, 0.15) is 11.3 Å². The Morgan fingerprint density at radius 3 is 2.15 bits per heavy atom. The van der Waals surface area contributed by atoms with Crippen molar-refractivity contribution in [2.45, 2.75) is 57.9 Å². The van der Waals surface area contributed by atoms with Gasteiger partial charge in [-0.2, -0.15) is 0 Å². The number of phenols is 1. The molecule has 1 aliphatic rings. The van der Waals surface area contributed by atoms with Gasteiger partial charge >= 0.3 is 5.97 Å². The highest BCUT2D eigenvalue weighted by Gasteiger charge is 2.40. The SMILES string of the molecule is CN(C)c1ccc(CN(C)c2cc(C(=O)C=Cc3ccc(C(=O)O)c(O)c3)cc3c2C(C)(C)CCC3(C)C)cc1. The molecule has 0 saturated heterocycles. The summed E-state index contributed by atoms with van der Waals surface area (Å²) in [6, 6.07) is 16.9. The van der Waals surface area contributed by atoms with E-state index in [0.717, 1.165) is 24.2 Å². The number of carbonyl (C=O) groups excluding carboxylic acids is 1. The molecule has 210 valence electrons. The highest BCUT2D eigenvalue weighted by Crippen LogP contribution is 2.50. The summed E-state index contributed by atoms with van der Waals surface area (Å²) < 4.78 is 0. The number of hydrogen-bond acceptors (Lipinski definition) is 5. The number of hydrogen-bond donors (Lipinski definition) is 2. The lowest BCUT2D eigenvalue weighted by molar-refractivity contribution is 0.0693. The lowest BCUT2D eigenvalue weighted by Gasteiger charge is -2.44. The lowest BCUT2D eigenvalue weighted by atomic mass is 9.62. The summed E-state index contributed by atoms with van der Waals surface area (Å²) in [6.07, 6.45) is 5.19. The van der Waals surface area contributed by atoms with Gasteiger partial charge in [-0.05, 0) is 88.4 Å². The van der Waals surface area contributed by atoms with E-state index in [9.17, 15) is 14.7 Å². The minimum atomic E-state index is -1.20. The van der Waals surface area contributed by atoms with Gasteiger partial charge < -0.3 is 20.0 Å². The number of benzene rings is 3. The van der Waals surface area contributed by atoms with Crippen LogP contribution in [-0.2, 0) is 17.4 Å². The number of nitrogens with zero attached hydrogens (tertiary/aromatic N) is 2. The van der Waals surface area contributed by atoms with Crippen molar-refractivity contribution in [1.29, 1.82) is 0 Å². The molecule has 0 radical (unpaired) electrons. The van der Waals surface area contributed by atoms with Crippen LogP contribution in [0.25, 0.3) is 6.08 Å². The number of carboxylic acids is 1. The molecule has 0 unspecified atom stereocenters. The molecule has 0 amide bonds. The van der Waals surface area contributed by atoms with Crippen LogP contribution in [-0.4, -0.2) is 43.1 Å². The molecule has 0 fully saturated rings. The van der Waals surface area contributed by atoms with Crippen molar-refractivity contribution in [2.24, 2.45) is 0 Å². The van der Waals surface area contributed by atoms with Crippen LogP contribution >= 0.6 is 0 Å². The second-order valence-electron chi connectivity index (χ2n) is 12.4.